The number of rotatable bonds is 5. The lowest BCUT2D eigenvalue weighted by Gasteiger charge is -2.16. The van der Waals surface area contributed by atoms with Gasteiger partial charge in [0.15, 0.2) is 0 Å². The molecule has 0 atom stereocenters. The molecule has 3 nitrogen and oxygen atoms in total. The van der Waals surface area contributed by atoms with Gasteiger partial charge in [-0.1, -0.05) is 54.6 Å². The average molecular weight is 312 g/mol. The number of alkyl halides is 2. The highest BCUT2D eigenvalue weighted by atomic mass is 32.2. The largest absolute Gasteiger partial charge is 0.297 e. The topological polar surface area (TPSA) is 43.4 Å². The Kier molecular flexibility index (Phi) is 4.39. The third-order valence-electron chi connectivity index (χ3n) is 2.87. The minimum atomic E-state index is -3.90. The summed E-state index contributed by atoms with van der Waals surface area (Å²) >= 11 is 0. The summed E-state index contributed by atoms with van der Waals surface area (Å²) in [5.74, 6) is -3.36. The Morgan fingerprint density at radius 1 is 0.952 bits per heavy atom. The maximum atomic E-state index is 13.8. The van der Waals surface area contributed by atoms with Gasteiger partial charge in [-0.15, -0.1) is 0 Å². The van der Waals surface area contributed by atoms with Crippen LogP contribution in [0.4, 0.5) is 8.78 Å². The van der Waals surface area contributed by atoms with E-state index < -0.39 is 22.6 Å². The molecule has 21 heavy (non-hydrogen) atoms. The molecule has 6 heteroatoms. The minimum absolute atomic E-state index is 0.286. The van der Waals surface area contributed by atoms with Gasteiger partial charge < -0.3 is 0 Å². The highest BCUT2D eigenvalue weighted by Gasteiger charge is 2.33. The van der Waals surface area contributed by atoms with Gasteiger partial charge in [0.25, 0.3) is 16.0 Å². The second-order valence-corrected chi connectivity index (χ2v) is 6.26. The fourth-order valence-corrected chi connectivity index (χ4v) is 2.16. The van der Waals surface area contributed by atoms with E-state index in [4.69, 9.17) is 0 Å². The fourth-order valence-electron chi connectivity index (χ4n) is 1.80. The molecule has 2 rings (SSSR count). The van der Waals surface area contributed by atoms with Gasteiger partial charge in [-0.3, -0.25) is 4.18 Å². The van der Waals surface area contributed by atoms with Crippen LogP contribution in [0.15, 0.2) is 54.6 Å². The fraction of sp³-hybridized carbons (Fsp3) is 0.200. The van der Waals surface area contributed by atoms with E-state index >= 15 is 0 Å². The van der Waals surface area contributed by atoms with Crippen LogP contribution in [-0.4, -0.2) is 21.3 Å². The Hall–Kier alpha value is -1.79. The monoisotopic (exact) mass is 312 g/mol. The molecule has 0 N–H and O–H groups in total. The van der Waals surface area contributed by atoms with Crippen molar-refractivity contribution in [3.05, 3.63) is 60.2 Å². The first-order chi connectivity index (χ1) is 9.78. The highest BCUT2D eigenvalue weighted by Crippen LogP contribution is 2.30. The Labute approximate surface area is 122 Å². The SMILES string of the molecule is CS(=O)(=O)OCC(F)(F)c1ccc(-c2ccccc2)cc1. The number of hydrogen-bond donors (Lipinski definition) is 0. The Morgan fingerprint density at radius 2 is 1.48 bits per heavy atom. The van der Waals surface area contributed by atoms with Crippen LogP contribution in [0.5, 0.6) is 0 Å². The molecule has 0 radical (unpaired) electrons. The van der Waals surface area contributed by atoms with Gasteiger partial charge in [0.1, 0.15) is 6.61 Å². The lowest BCUT2D eigenvalue weighted by Crippen LogP contribution is -2.23. The second-order valence-electron chi connectivity index (χ2n) is 4.61. The van der Waals surface area contributed by atoms with Crippen LogP contribution in [0.1, 0.15) is 5.56 Å². The van der Waals surface area contributed by atoms with Crippen molar-refractivity contribution in [1.82, 2.24) is 0 Å². The summed E-state index contributed by atoms with van der Waals surface area (Å²) < 4.78 is 53.4. The standard InChI is InChI=1S/C15H14F2O3S/c1-21(18,19)20-11-15(16,17)14-9-7-13(8-10-14)12-5-3-2-4-6-12/h2-10H,11H2,1H3. The summed E-state index contributed by atoms with van der Waals surface area (Å²) in [5, 5.41) is 0. The summed E-state index contributed by atoms with van der Waals surface area (Å²) in [5.41, 5.74) is 1.43. The molecule has 2 aromatic rings. The van der Waals surface area contributed by atoms with E-state index in [1.54, 1.807) is 12.1 Å². The van der Waals surface area contributed by atoms with Gasteiger partial charge >= 0.3 is 0 Å². The Balaban J connectivity index is 2.18. The smallest absolute Gasteiger partial charge is 0.264 e. The van der Waals surface area contributed by atoms with Crippen molar-refractivity contribution in [1.29, 1.82) is 0 Å². The lowest BCUT2D eigenvalue weighted by molar-refractivity contribution is -0.0447. The van der Waals surface area contributed by atoms with Gasteiger partial charge in [-0.25, -0.2) is 0 Å². The zero-order valence-electron chi connectivity index (χ0n) is 11.3. The van der Waals surface area contributed by atoms with E-state index in [2.05, 4.69) is 4.18 Å². The molecule has 0 aliphatic heterocycles. The van der Waals surface area contributed by atoms with Gasteiger partial charge in [0.05, 0.1) is 6.26 Å². The highest BCUT2D eigenvalue weighted by molar-refractivity contribution is 7.85. The van der Waals surface area contributed by atoms with E-state index in [-0.39, 0.29) is 5.56 Å². The van der Waals surface area contributed by atoms with Crippen LogP contribution in [0.3, 0.4) is 0 Å². The third kappa shape index (κ3) is 4.34. The van der Waals surface area contributed by atoms with Crippen molar-refractivity contribution in [2.24, 2.45) is 0 Å². The first kappa shape index (κ1) is 15.6. The van der Waals surface area contributed by atoms with Crippen LogP contribution >= 0.6 is 0 Å². The van der Waals surface area contributed by atoms with Crippen LogP contribution in [0.2, 0.25) is 0 Å². The molecular formula is C15H14F2O3S. The van der Waals surface area contributed by atoms with Crippen molar-refractivity contribution in [3.63, 3.8) is 0 Å². The summed E-state index contributed by atoms with van der Waals surface area (Å²) in [6.07, 6.45) is 0.738. The Bertz CT molecular complexity index is 695. The molecular weight excluding hydrogens is 298 g/mol. The molecule has 0 spiro atoms. The minimum Gasteiger partial charge on any atom is -0.264 e. The molecule has 0 unspecified atom stereocenters. The summed E-state index contributed by atoms with van der Waals surface area (Å²) in [6.45, 7) is -1.20. The van der Waals surface area contributed by atoms with Crippen molar-refractivity contribution in [2.75, 3.05) is 12.9 Å². The van der Waals surface area contributed by atoms with Crippen LogP contribution in [-0.2, 0) is 20.2 Å². The molecule has 0 saturated carbocycles. The Morgan fingerprint density at radius 3 is 2.00 bits per heavy atom. The molecule has 0 aromatic heterocycles. The molecule has 0 aliphatic carbocycles. The van der Waals surface area contributed by atoms with Gasteiger partial charge in [0, 0.05) is 5.56 Å². The van der Waals surface area contributed by atoms with Gasteiger partial charge in [-0.05, 0) is 11.1 Å². The third-order valence-corrected chi connectivity index (χ3v) is 3.41. The second kappa shape index (κ2) is 5.91. The number of halogens is 2. The molecule has 0 saturated heterocycles. The predicted octanol–water partition coefficient (Wildman–Crippen LogP) is 3.42. The van der Waals surface area contributed by atoms with Crippen molar-refractivity contribution in [3.8, 4) is 11.1 Å². The van der Waals surface area contributed by atoms with E-state index in [1.807, 2.05) is 30.3 Å². The van der Waals surface area contributed by atoms with E-state index in [9.17, 15) is 17.2 Å². The van der Waals surface area contributed by atoms with Crippen molar-refractivity contribution in [2.45, 2.75) is 5.92 Å². The maximum Gasteiger partial charge on any atom is 0.297 e. The summed E-state index contributed by atoms with van der Waals surface area (Å²) in [4.78, 5) is 0. The first-order valence-electron chi connectivity index (χ1n) is 6.16. The molecule has 0 heterocycles. The van der Waals surface area contributed by atoms with Gasteiger partial charge in [0.2, 0.25) is 0 Å². The van der Waals surface area contributed by atoms with Crippen LogP contribution in [0.25, 0.3) is 11.1 Å². The molecule has 112 valence electrons. The van der Waals surface area contributed by atoms with Crippen LogP contribution < -0.4 is 0 Å². The van der Waals surface area contributed by atoms with Crippen molar-refractivity contribution >= 4 is 10.1 Å². The zero-order chi connectivity index (χ0) is 15.5. The quantitative estimate of drug-likeness (QED) is 0.795. The van der Waals surface area contributed by atoms with Gasteiger partial charge in [-0.2, -0.15) is 17.2 Å². The molecule has 0 fully saturated rings. The number of benzene rings is 2. The maximum absolute atomic E-state index is 13.8. The summed E-state index contributed by atoms with van der Waals surface area (Å²) in [7, 11) is -3.90. The molecule has 0 aliphatic rings. The van der Waals surface area contributed by atoms with Crippen LogP contribution in [0, 0.1) is 0 Å². The average Bonchev–Trinajstić information content (AvgIpc) is 2.46. The summed E-state index contributed by atoms with van der Waals surface area (Å²) in [6, 6.07) is 15.0. The van der Waals surface area contributed by atoms with Crippen molar-refractivity contribution < 1.29 is 21.4 Å². The molecule has 2 aromatic carbocycles. The molecule has 0 bridgehead atoms. The van der Waals surface area contributed by atoms with E-state index in [1.165, 1.54) is 12.1 Å². The zero-order valence-corrected chi connectivity index (χ0v) is 12.1. The lowest BCUT2D eigenvalue weighted by atomic mass is 10.0. The molecule has 0 amide bonds. The normalized spacial score (nSPS) is 12.3. The first-order valence-corrected chi connectivity index (χ1v) is 7.98. The number of hydrogen-bond acceptors (Lipinski definition) is 3. The van der Waals surface area contributed by atoms with E-state index in [0.29, 0.717) is 0 Å². The van der Waals surface area contributed by atoms with E-state index in [0.717, 1.165) is 17.4 Å². The predicted molar refractivity (Wildman–Crippen MR) is 76.6 cm³/mol.